The molecule has 2 atom stereocenters. The van der Waals surface area contributed by atoms with E-state index >= 15 is 0 Å². The minimum atomic E-state index is -4.62. The lowest BCUT2D eigenvalue weighted by Crippen LogP contribution is -2.37. The van der Waals surface area contributed by atoms with Gasteiger partial charge in [0, 0.05) is 12.8 Å². The van der Waals surface area contributed by atoms with Gasteiger partial charge in [0.15, 0.2) is 6.10 Å². The second-order valence-corrected chi connectivity index (χ2v) is 19.6. The van der Waals surface area contributed by atoms with E-state index in [1.54, 1.807) is 0 Å². The Morgan fingerprint density at radius 2 is 0.900 bits per heavy atom. The zero-order valence-corrected chi connectivity index (χ0v) is 40.8. The van der Waals surface area contributed by atoms with Crippen molar-refractivity contribution in [3.63, 3.8) is 0 Å². The molecular weight excluding hydrogens is 774 g/mol. The molecule has 0 aliphatic heterocycles. The number of likely N-dealkylation sites (N-methyl/N-ethyl adjacent to an activating group) is 1. The van der Waals surface area contributed by atoms with Crippen LogP contribution in [0.4, 0.5) is 0 Å². The summed E-state index contributed by atoms with van der Waals surface area (Å²) >= 11 is 0. The summed E-state index contributed by atoms with van der Waals surface area (Å²) in [6.45, 7) is 4.22. The lowest BCUT2D eigenvalue weighted by Gasteiger charge is -2.28. The van der Waals surface area contributed by atoms with Crippen LogP contribution in [0.15, 0.2) is 24.3 Å². The van der Waals surface area contributed by atoms with Crippen molar-refractivity contribution in [2.45, 2.75) is 238 Å². The molecule has 0 spiro atoms. The highest BCUT2D eigenvalue weighted by atomic mass is 31.2. The van der Waals surface area contributed by atoms with Crippen LogP contribution in [-0.4, -0.2) is 70.0 Å². The van der Waals surface area contributed by atoms with Crippen LogP contribution in [0.2, 0.25) is 0 Å². The highest BCUT2D eigenvalue weighted by molar-refractivity contribution is 7.45. The zero-order chi connectivity index (χ0) is 44.3. The molecule has 0 fully saturated rings. The number of carbonyl (C=O) groups excluding carboxylic acids is 2. The van der Waals surface area contributed by atoms with Gasteiger partial charge in [0.1, 0.15) is 19.8 Å². The molecule has 0 radical (unpaired) electrons. The van der Waals surface area contributed by atoms with Crippen molar-refractivity contribution in [3.8, 4) is 0 Å². The molecule has 0 heterocycles. The van der Waals surface area contributed by atoms with Crippen molar-refractivity contribution < 1.29 is 42.1 Å². The summed E-state index contributed by atoms with van der Waals surface area (Å²) in [5, 5.41) is 0. The van der Waals surface area contributed by atoms with Crippen molar-refractivity contribution in [2.75, 3.05) is 47.5 Å². The lowest BCUT2D eigenvalue weighted by molar-refractivity contribution is -0.870. The molecular formula is C50H96NO8P. The summed E-state index contributed by atoms with van der Waals surface area (Å²) in [6.07, 6.45) is 48.0. The maximum atomic E-state index is 12.7. The van der Waals surface area contributed by atoms with Gasteiger partial charge in [0.2, 0.25) is 0 Å². The minimum Gasteiger partial charge on any atom is -0.756 e. The first-order chi connectivity index (χ1) is 29.0. The van der Waals surface area contributed by atoms with E-state index in [1.807, 2.05) is 21.1 Å². The molecule has 2 unspecified atom stereocenters. The number of phosphoric ester groups is 1. The van der Waals surface area contributed by atoms with Crippen LogP contribution >= 0.6 is 7.82 Å². The molecule has 10 heteroatoms. The highest BCUT2D eigenvalue weighted by Gasteiger charge is 2.21. The second-order valence-electron chi connectivity index (χ2n) is 18.2. The van der Waals surface area contributed by atoms with Crippen molar-refractivity contribution in [1.82, 2.24) is 0 Å². The van der Waals surface area contributed by atoms with Gasteiger partial charge in [-0.2, -0.15) is 0 Å². The van der Waals surface area contributed by atoms with E-state index in [1.165, 1.54) is 161 Å². The number of nitrogens with zero attached hydrogens (tertiary/aromatic N) is 1. The van der Waals surface area contributed by atoms with E-state index in [4.69, 9.17) is 18.5 Å². The number of ether oxygens (including phenoxy) is 2. The van der Waals surface area contributed by atoms with Crippen LogP contribution in [0, 0.1) is 0 Å². The Morgan fingerprint density at radius 1 is 0.517 bits per heavy atom. The standard InChI is InChI=1S/C50H96NO8P/c1-6-8-10-12-14-16-17-18-19-20-21-22-23-24-25-26-27-28-29-30-31-32-33-35-37-39-41-43-50(53)59-48(47-58-60(54,55)57-45-44-51(3,4)5)46-56-49(52)42-40-38-36-34-15-13-11-9-7-2/h17-18,20-21,48H,6-16,19,22-47H2,1-5H3/b18-17-,21-20-. The molecule has 0 rings (SSSR count). The molecule has 0 amide bonds. The number of quaternary nitrogens is 1. The molecule has 354 valence electrons. The van der Waals surface area contributed by atoms with Gasteiger partial charge in [-0.25, -0.2) is 0 Å². The highest BCUT2D eigenvalue weighted by Crippen LogP contribution is 2.38. The summed E-state index contributed by atoms with van der Waals surface area (Å²) < 4.78 is 33.9. The monoisotopic (exact) mass is 870 g/mol. The van der Waals surface area contributed by atoms with E-state index < -0.39 is 26.5 Å². The predicted octanol–water partition coefficient (Wildman–Crippen LogP) is 14.1. The quantitative estimate of drug-likeness (QED) is 0.0195. The van der Waals surface area contributed by atoms with Gasteiger partial charge < -0.3 is 27.9 Å². The van der Waals surface area contributed by atoms with E-state index in [-0.39, 0.29) is 32.0 Å². The number of hydrogen-bond acceptors (Lipinski definition) is 8. The molecule has 0 aromatic heterocycles. The smallest absolute Gasteiger partial charge is 0.306 e. The predicted molar refractivity (Wildman–Crippen MR) is 250 cm³/mol. The van der Waals surface area contributed by atoms with Crippen LogP contribution in [0.1, 0.15) is 232 Å². The Bertz CT molecular complexity index is 1070. The molecule has 0 aliphatic carbocycles. The summed E-state index contributed by atoms with van der Waals surface area (Å²) in [4.78, 5) is 37.5. The Balaban J connectivity index is 4.07. The van der Waals surface area contributed by atoms with Crippen LogP contribution < -0.4 is 4.89 Å². The topological polar surface area (TPSA) is 111 Å². The summed E-state index contributed by atoms with van der Waals surface area (Å²) in [6, 6.07) is 0. The van der Waals surface area contributed by atoms with E-state index in [0.29, 0.717) is 17.4 Å². The SMILES string of the molecule is CCCCCCC/C=C\C/C=C\CCCCCCCCCCCCCCCCCC(=O)OC(COC(=O)CCCCCCCCCCC)COP(=O)([O-])OCC[N+](C)(C)C. The van der Waals surface area contributed by atoms with E-state index in [0.717, 1.165) is 38.5 Å². The van der Waals surface area contributed by atoms with Gasteiger partial charge in [-0.05, 0) is 44.9 Å². The summed E-state index contributed by atoms with van der Waals surface area (Å²) in [7, 11) is 1.17. The van der Waals surface area contributed by atoms with Crippen molar-refractivity contribution >= 4 is 19.8 Å². The average molecular weight is 870 g/mol. The van der Waals surface area contributed by atoms with Gasteiger partial charge in [-0.15, -0.1) is 0 Å². The zero-order valence-electron chi connectivity index (χ0n) is 39.9. The van der Waals surface area contributed by atoms with Crippen LogP contribution in [0.5, 0.6) is 0 Å². The van der Waals surface area contributed by atoms with Crippen molar-refractivity contribution in [1.29, 1.82) is 0 Å². The van der Waals surface area contributed by atoms with E-state index in [2.05, 4.69) is 38.2 Å². The number of unbranched alkanes of at least 4 members (excludes halogenated alkanes) is 28. The fraction of sp³-hybridized carbons (Fsp3) is 0.880. The van der Waals surface area contributed by atoms with Crippen molar-refractivity contribution in [2.24, 2.45) is 0 Å². The van der Waals surface area contributed by atoms with Crippen LogP contribution in [-0.2, 0) is 32.7 Å². The van der Waals surface area contributed by atoms with Gasteiger partial charge in [0.25, 0.3) is 7.82 Å². The second kappa shape index (κ2) is 42.8. The normalized spacial score (nSPS) is 13.6. The first kappa shape index (κ1) is 58.5. The molecule has 0 saturated heterocycles. The maximum Gasteiger partial charge on any atom is 0.306 e. The first-order valence-electron chi connectivity index (χ1n) is 25.0. The third kappa shape index (κ3) is 46.0. The van der Waals surface area contributed by atoms with Crippen LogP contribution in [0.3, 0.4) is 0 Å². The van der Waals surface area contributed by atoms with Crippen molar-refractivity contribution in [3.05, 3.63) is 24.3 Å². The van der Waals surface area contributed by atoms with Gasteiger partial charge in [-0.1, -0.05) is 199 Å². The minimum absolute atomic E-state index is 0.0283. The van der Waals surface area contributed by atoms with Gasteiger partial charge in [0.05, 0.1) is 27.7 Å². The molecule has 0 saturated carbocycles. The Hall–Kier alpha value is -1.51. The number of carbonyl (C=O) groups is 2. The number of esters is 2. The Labute approximate surface area is 370 Å². The molecule has 60 heavy (non-hydrogen) atoms. The molecule has 0 bridgehead atoms. The fourth-order valence-corrected chi connectivity index (χ4v) is 7.77. The maximum absolute atomic E-state index is 12.7. The number of hydrogen-bond donors (Lipinski definition) is 0. The fourth-order valence-electron chi connectivity index (χ4n) is 7.04. The third-order valence-electron chi connectivity index (χ3n) is 11.0. The molecule has 0 aliphatic rings. The molecule has 0 N–H and O–H groups in total. The molecule has 0 aromatic carbocycles. The first-order valence-corrected chi connectivity index (χ1v) is 26.5. The Kier molecular flexibility index (Phi) is 41.7. The third-order valence-corrected chi connectivity index (χ3v) is 11.9. The summed E-state index contributed by atoms with van der Waals surface area (Å²) in [5.74, 6) is -0.828. The largest absolute Gasteiger partial charge is 0.756 e. The number of allylic oxidation sites excluding steroid dienone is 4. The molecule has 9 nitrogen and oxygen atoms in total. The Morgan fingerprint density at radius 3 is 1.32 bits per heavy atom. The molecule has 0 aromatic rings. The van der Waals surface area contributed by atoms with E-state index in [9.17, 15) is 19.0 Å². The summed E-state index contributed by atoms with van der Waals surface area (Å²) in [5.41, 5.74) is 0. The van der Waals surface area contributed by atoms with Gasteiger partial charge >= 0.3 is 11.9 Å². The van der Waals surface area contributed by atoms with Gasteiger partial charge in [-0.3, -0.25) is 14.2 Å². The number of rotatable bonds is 46. The average Bonchev–Trinajstić information content (AvgIpc) is 3.20. The number of phosphoric acid groups is 1. The lowest BCUT2D eigenvalue weighted by atomic mass is 10.0. The van der Waals surface area contributed by atoms with Crippen LogP contribution in [0.25, 0.3) is 0 Å².